The third kappa shape index (κ3) is 2.30. The monoisotopic (exact) mass is 358 g/mol. The number of hydrogen-bond donors (Lipinski definition) is 1. The lowest BCUT2D eigenvalue weighted by molar-refractivity contribution is -0.137. The van der Waals surface area contributed by atoms with Crippen molar-refractivity contribution in [3.8, 4) is 0 Å². The summed E-state index contributed by atoms with van der Waals surface area (Å²) in [5.74, 6) is 0.638. The number of fused-ring (bicyclic) bond motifs is 3. The SMILES string of the molecule is CN1c2ccc(C(F)(F)F)cc2C(C)(C)c2nc3cc(N)ccc3nc21. The molecule has 4 nitrogen and oxygen atoms in total. The van der Waals surface area contributed by atoms with Crippen molar-refractivity contribution in [2.24, 2.45) is 0 Å². The number of benzene rings is 2. The van der Waals surface area contributed by atoms with Gasteiger partial charge in [0.2, 0.25) is 0 Å². The van der Waals surface area contributed by atoms with E-state index in [1.54, 1.807) is 30.1 Å². The Bertz CT molecular complexity index is 1040. The van der Waals surface area contributed by atoms with Gasteiger partial charge in [0.1, 0.15) is 0 Å². The molecular formula is C19H17F3N4. The minimum atomic E-state index is -4.40. The minimum Gasteiger partial charge on any atom is -0.399 e. The van der Waals surface area contributed by atoms with Gasteiger partial charge in [0.25, 0.3) is 0 Å². The summed E-state index contributed by atoms with van der Waals surface area (Å²) in [6, 6.07) is 9.08. The Labute approximate surface area is 148 Å². The zero-order valence-electron chi connectivity index (χ0n) is 14.5. The van der Waals surface area contributed by atoms with Crippen LogP contribution in [-0.2, 0) is 11.6 Å². The van der Waals surface area contributed by atoms with Crippen molar-refractivity contribution in [2.45, 2.75) is 25.4 Å². The third-order valence-corrected chi connectivity index (χ3v) is 4.94. The number of halogens is 3. The number of alkyl halides is 3. The summed E-state index contributed by atoms with van der Waals surface area (Å²) in [7, 11) is 1.79. The Morgan fingerprint density at radius 1 is 1.00 bits per heavy atom. The molecule has 0 unspecified atom stereocenters. The molecule has 2 N–H and O–H groups in total. The van der Waals surface area contributed by atoms with Crippen molar-refractivity contribution in [1.29, 1.82) is 0 Å². The molecule has 1 aliphatic rings. The maximum absolute atomic E-state index is 13.2. The maximum Gasteiger partial charge on any atom is 0.416 e. The first kappa shape index (κ1) is 16.6. The highest BCUT2D eigenvalue weighted by molar-refractivity contribution is 5.83. The van der Waals surface area contributed by atoms with E-state index in [1.165, 1.54) is 12.1 Å². The Morgan fingerprint density at radius 2 is 1.73 bits per heavy atom. The lowest BCUT2D eigenvalue weighted by Gasteiger charge is -2.38. The van der Waals surface area contributed by atoms with E-state index in [0.29, 0.717) is 39.5 Å². The van der Waals surface area contributed by atoms with Crippen molar-refractivity contribution < 1.29 is 13.2 Å². The average molecular weight is 358 g/mol. The minimum absolute atomic E-state index is 0.563. The third-order valence-electron chi connectivity index (χ3n) is 4.94. The molecule has 2 heterocycles. The largest absolute Gasteiger partial charge is 0.416 e. The quantitative estimate of drug-likeness (QED) is 0.595. The van der Waals surface area contributed by atoms with Crippen LogP contribution in [0, 0.1) is 0 Å². The molecule has 0 spiro atoms. The van der Waals surface area contributed by atoms with Gasteiger partial charge in [0.15, 0.2) is 5.82 Å². The first-order valence-electron chi connectivity index (χ1n) is 8.12. The summed E-state index contributed by atoms with van der Waals surface area (Å²) in [6.45, 7) is 3.73. The molecule has 26 heavy (non-hydrogen) atoms. The molecule has 0 saturated carbocycles. The van der Waals surface area contributed by atoms with Crippen LogP contribution in [0.25, 0.3) is 11.0 Å². The van der Waals surface area contributed by atoms with Crippen LogP contribution in [0.2, 0.25) is 0 Å². The molecule has 0 amide bonds. The van der Waals surface area contributed by atoms with Crippen LogP contribution in [0.15, 0.2) is 36.4 Å². The molecule has 0 aliphatic carbocycles. The van der Waals surface area contributed by atoms with Crippen LogP contribution < -0.4 is 10.6 Å². The van der Waals surface area contributed by atoms with Crippen LogP contribution >= 0.6 is 0 Å². The number of nitrogens with zero attached hydrogens (tertiary/aromatic N) is 3. The predicted octanol–water partition coefficient (Wildman–Crippen LogP) is 4.64. The molecule has 0 atom stereocenters. The number of nitrogens with two attached hydrogens (primary N) is 1. The fourth-order valence-corrected chi connectivity index (χ4v) is 3.46. The van der Waals surface area contributed by atoms with Gasteiger partial charge in [-0.05, 0) is 55.8 Å². The van der Waals surface area contributed by atoms with Gasteiger partial charge in [-0.1, -0.05) is 0 Å². The van der Waals surface area contributed by atoms with Gasteiger partial charge in [-0.3, -0.25) is 0 Å². The van der Waals surface area contributed by atoms with E-state index in [0.717, 1.165) is 6.07 Å². The lowest BCUT2D eigenvalue weighted by Crippen LogP contribution is -2.33. The first-order valence-corrected chi connectivity index (χ1v) is 8.12. The second-order valence-electron chi connectivity index (χ2n) is 7.06. The molecule has 1 aromatic heterocycles. The Hall–Kier alpha value is -2.83. The molecule has 2 aromatic carbocycles. The number of nitrogen functional groups attached to an aromatic ring is 1. The highest BCUT2D eigenvalue weighted by Crippen LogP contribution is 2.48. The van der Waals surface area contributed by atoms with E-state index in [9.17, 15) is 13.2 Å². The molecule has 134 valence electrons. The molecule has 0 saturated heterocycles. The molecular weight excluding hydrogens is 341 g/mol. The second kappa shape index (κ2) is 5.09. The number of rotatable bonds is 0. The highest BCUT2D eigenvalue weighted by Gasteiger charge is 2.40. The Morgan fingerprint density at radius 3 is 2.42 bits per heavy atom. The fourth-order valence-electron chi connectivity index (χ4n) is 3.46. The van der Waals surface area contributed by atoms with E-state index in [-0.39, 0.29) is 0 Å². The molecule has 0 fully saturated rings. The summed E-state index contributed by atoms with van der Waals surface area (Å²) >= 11 is 0. The van der Waals surface area contributed by atoms with Gasteiger partial charge in [0.05, 0.1) is 22.3 Å². The number of hydrogen-bond acceptors (Lipinski definition) is 4. The van der Waals surface area contributed by atoms with Gasteiger partial charge in [-0.2, -0.15) is 13.2 Å². The molecule has 0 bridgehead atoms. The molecule has 3 aromatic rings. The molecule has 1 aliphatic heterocycles. The van der Waals surface area contributed by atoms with Crippen molar-refractivity contribution in [3.63, 3.8) is 0 Å². The zero-order chi connectivity index (χ0) is 18.9. The number of anilines is 3. The fraction of sp³-hybridized carbons (Fsp3) is 0.263. The van der Waals surface area contributed by atoms with E-state index in [4.69, 9.17) is 10.7 Å². The standard InChI is InChI=1S/C19H17F3N4/c1-18(2)12-8-10(19(20,21)22)4-7-15(12)26(3)17-16(18)24-14-9-11(23)5-6-13(14)25-17/h4-9H,23H2,1-3H3. The van der Waals surface area contributed by atoms with Gasteiger partial charge in [-0.15, -0.1) is 0 Å². The van der Waals surface area contributed by atoms with Crippen LogP contribution in [0.1, 0.15) is 30.7 Å². The molecule has 7 heteroatoms. The Balaban J connectivity index is 2.00. The van der Waals surface area contributed by atoms with Crippen LogP contribution in [0.4, 0.5) is 30.4 Å². The van der Waals surface area contributed by atoms with Crippen LogP contribution in [0.5, 0.6) is 0 Å². The highest BCUT2D eigenvalue weighted by atomic mass is 19.4. The summed E-state index contributed by atoms with van der Waals surface area (Å²) in [6.07, 6.45) is -4.40. The lowest BCUT2D eigenvalue weighted by atomic mass is 9.77. The Kier molecular flexibility index (Phi) is 3.26. The van der Waals surface area contributed by atoms with E-state index in [1.807, 2.05) is 13.8 Å². The van der Waals surface area contributed by atoms with Crippen molar-refractivity contribution in [1.82, 2.24) is 9.97 Å². The number of aromatic nitrogens is 2. The van der Waals surface area contributed by atoms with Gasteiger partial charge >= 0.3 is 6.18 Å². The normalized spacial score (nSPS) is 15.7. The van der Waals surface area contributed by atoms with E-state index >= 15 is 0 Å². The van der Waals surface area contributed by atoms with Crippen LogP contribution in [-0.4, -0.2) is 17.0 Å². The smallest absolute Gasteiger partial charge is 0.399 e. The second-order valence-corrected chi connectivity index (χ2v) is 7.06. The van der Waals surface area contributed by atoms with Crippen molar-refractivity contribution in [3.05, 3.63) is 53.2 Å². The van der Waals surface area contributed by atoms with Crippen LogP contribution in [0.3, 0.4) is 0 Å². The van der Waals surface area contributed by atoms with Gasteiger partial charge in [0, 0.05) is 23.8 Å². The molecule has 4 rings (SSSR count). The predicted molar refractivity (Wildman–Crippen MR) is 95.6 cm³/mol. The summed E-state index contributed by atoms with van der Waals surface area (Å²) in [5.41, 5.74) is 8.21. The van der Waals surface area contributed by atoms with Gasteiger partial charge < -0.3 is 10.6 Å². The average Bonchev–Trinajstić information content (AvgIpc) is 2.57. The van der Waals surface area contributed by atoms with Crippen molar-refractivity contribution in [2.75, 3.05) is 17.7 Å². The summed E-state index contributed by atoms with van der Waals surface area (Å²) < 4.78 is 39.6. The zero-order valence-corrected chi connectivity index (χ0v) is 14.5. The topological polar surface area (TPSA) is 55.0 Å². The summed E-state index contributed by atoms with van der Waals surface area (Å²) in [4.78, 5) is 11.2. The van der Waals surface area contributed by atoms with E-state index < -0.39 is 17.2 Å². The summed E-state index contributed by atoms with van der Waals surface area (Å²) in [5, 5.41) is 0. The van der Waals surface area contributed by atoms with E-state index in [2.05, 4.69) is 4.98 Å². The molecule has 0 radical (unpaired) electrons. The first-order chi connectivity index (χ1) is 12.1. The van der Waals surface area contributed by atoms with Crippen molar-refractivity contribution >= 4 is 28.2 Å². The van der Waals surface area contributed by atoms with Gasteiger partial charge in [-0.25, -0.2) is 9.97 Å². The maximum atomic E-state index is 13.2.